The van der Waals surface area contributed by atoms with Gasteiger partial charge in [0.2, 0.25) is 0 Å². The fourth-order valence-corrected chi connectivity index (χ4v) is 1.87. The number of nitrogens with one attached hydrogen (secondary N) is 2. The summed E-state index contributed by atoms with van der Waals surface area (Å²) >= 11 is 0. The van der Waals surface area contributed by atoms with Gasteiger partial charge in [0, 0.05) is 11.1 Å². The zero-order chi connectivity index (χ0) is 17.5. The number of phenols is 1. The molecule has 2 aromatic carbocycles. The van der Waals surface area contributed by atoms with Crippen molar-refractivity contribution in [2.45, 2.75) is 13.8 Å². The molecule has 3 N–H and O–H groups in total. The smallest absolute Gasteiger partial charge is 0.269 e. The lowest BCUT2D eigenvalue weighted by atomic mass is 10.2. The second-order valence-corrected chi connectivity index (χ2v) is 5.69. The van der Waals surface area contributed by atoms with Crippen molar-refractivity contribution in [2.24, 2.45) is 5.92 Å². The number of amides is 2. The number of hydrazine groups is 1. The number of hydrogen-bond acceptors (Lipinski definition) is 4. The number of carbonyl (C=O) groups excluding carboxylic acids is 2. The Balaban J connectivity index is 1.89. The highest BCUT2D eigenvalue weighted by Gasteiger charge is 2.10. The quantitative estimate of drug-likeness (QED) is 0.736. The summed E-state index contributed by atoms with van der Waals surface area (Å²) in [7, 11) is 0. The summed E-state index contributed by atoms with van der Waals surface area (Å²) in [5.41, 5.74) is 5.26. The maximum atomic E-state index is 12.0. The lowest BCUT2D eigenvalue weighted by molar-refractivity contribution is 0.0846. The second kappa shape index (κ2) is 8.01. The first-order chi connectivity index (χ1) is 11.5. The van der Waals surface area contributed by atoms with E-state index in [0.717, 1.165) is 0 Å². The van der Waals surface area contributed by atoms with Crippen molar-refractivity contribution < 1.29 is 19.4 Å². The van der Waals surface area contributed by atoms with Crippen LogP contribution in [0.4, 0.5) is 0 Å². The monoisotopic (exact) mass is 328 g/mol. The van der Waals surface area contributed by atoms with Crippen molar-refractivity contribution in [1.82, 2.24) is 10.9 Å². The first-order valence-electron chi connectivity index (χ1n) is 7.58. The number of hydrogen-bond donors (Lipinski definition) is 3. The Morgan fingerprint density at radius 2 is 1.62 bits per heavy atom. The minimum absolute atomic E-state index is 0.0223. The summed E-state index contributed by atoms with van der Waals surface area (Å²) in [6.07, 6.45) is 0. The molecule has 0 heterocycles. The first-order valence-corrected chi connectivity index (χ1v) is 7.58. The summed E-state index contributed by atoms with van der Waals surface area (Å²) in [6, 6.07) is 12.5. The fourth-order valence-electron chi connectivity index (χ4n) is 1.87. The van der Waals surface area contributed by atoms with Gasteiger partial charge in [-0.05, 0) is 48.4 Å². The van der Waals surface area contributed by atoms with E-state index >= 15 is 0 Å². The van der Waals surface area contributed by atoms with Crippen LogP contribution in [0, 0.1) is 5.92 Å². The van der Waals surface area contributed by atoms with Gasteiger partial charge < -0.3 is 9.84 Å². The molecule has 0 saturated heterocycles. The molecule has 0 aliphatic rings. The molecular formula is C18H20N2O4. The van der Waals surface area contributed by atoms with Crippen LogP contribution in [0.5, 0.6) is 11.5 Å². The van der Waals surface area contributed by atoms with Crippen LogP contribution in [0.15, 0.2) is 48.5 Å². The van der Waals surface area contributed by atoms with E-state index in [1.54, 1.807) is 30.3 Å². The Morgan fingerprint density at radius 3 is 2.21 bits per heavy atom. The minimum atomic E-state index is -0.517. The number of phenolic OH excluding ortho intramolecular Hbond substituents is 1. The third kappa shape index (κ3) is 5.01. The van der Waals surface area contributed by atoms with Gasteiger partial charge in [0.1, 0.15) is 11.5 Å². The summed E-state index contributed by atoms with van der Waals surface area (Å²) in [4.78, 5) is 23.9. The molecule has 0 fully saturated rings. The van der Waals surface area contributed by atoms with Crippen molar-refractivity contribution in [3.8, 4) is 11.5 Å². The highest BCUT2D eigenvalue weighted by Crippen LogP contribution is 2.13. The molecule has 0 spiro atoms. The van der Waals surface area contributed by atoms with Gasteiger partial charge in [0.05, 0.1) is 6.61 Å². The molecule has 0 aliphatic carbocycles. The van der Waals surface area contributed by atoms with Gasteiger partial charge in [-0.25, -0.2) is 0 Å². The van der Waals surface area contributed by atoms with E-state index in [9.17, 15) is 14.7 Å². The van der Waals surface area contributed by atoms with Crippen LogP contribution in [0.1, 0.15) is 34.6 Å². The van der Waals surface area contributed by atoms with E-state index in [0.29, 0.717) is 23.8 Å². The Kier molecular flexibility index (Phi) is 5.78. The number of carbonyl (C=O) groups is 2. The maximum absolute atomic E-state index is 12.0. The van der Waals surface area contributed by atoms with Gasteiger partial charge in [-0.3, -0.25) is 20.4 Å². The molecule has 6 heteroatoms. The zero-order valence-corrected chi connectivity index (χ0v) is 13.6. The van der Waals surface area contributed by atoms with Gasteiger partial charge in [-0.15, -0.1) is 0 Å². The third-order valence-corrected chi connectivity index (χ3v) is 3.10. The molecule has 126 valence electrons. The third-order valence-electron chi connectivity index (χ3n) is 3.10. The average molecular weight is 328 g/mol. The Morgan fingerprint density at radius 1 is 1.00 bits per heavy atom. The minimum Gasteiger partial charge on any atom is -0.508 e. The number of ether oxygens (including phenoxy) is 1. The molecule has 2 aromatic rings. The highest BCUT2D eigenvalue weighted by atomic mass is 16.5. The normalized spacial score (nSPS) is 10.3. The Bertz CT molecular complexity index is 711. The molecule has 0 bridgehead atoms. The fraction of sp³-hybridized carbons (Fsp3) is 0.222. The predicted molar refractivity (Wildman–Crippen MR) is 89.8 cm³/mol. The van der Waals surface area contributed by atoms with E-state index in [4.69, 9.17) is 4.74 Å². The molecular weight excluding hydrogens is 308 g/mol. The molecule has 6 nitrogen and oxygen atoms in total. The van der Waals surface area contributed by atoms with Crippen LogP contribution < -0.4 is 15.6 Å². The van der Waals surface area contributed by atoms with Crippen LogP contribution in [0.2, 0.25) is 0 Å². The summed E-state index contributed by atoms with van der Waals surface area (Å²) in [5, 5.41) is 9.34. The van der Waals surface area contributed by atoms with Crippen molar-refractivity contribution >= 4 is 11.8 Å². The van der Waals surface area contributed by atoms with Gasteiger partial charge >= 0.3 is 0 Å². The Labute approximate surface area is 140 Å². The molecule has 2 amide bonds. The summed E-state index contributed by atoms with van der Waals surface area (Å²) < 4.78 is 5.54. The molecule has 0 saturated carbocycles. The second-order valence-electron chi connectivity index (χ2n) is 5.69. The molecule has 24 heavy (non-hydrogen) atoms. The molecule has 0 aromatic heterocycles. The highest BCUT2D eigenvalue weighted by molar-refractivity contribution is 5.99. The summed E-state index contributed by atoms with van der Waals surface area (Å²) in [6.45, 7) is 4.71. The van der Waals surface area contributed by atoms with Gasteiger partial charge in [-0.2, -0.15) is 0 Å². The maximum Gasteiger partial charge on any atom is 0.269 e. The van der Waals surface area contributed by atoms with E-state index < -0.39 is 11.8 Å². The molecule has 0 aliphatic heterocycles. The average Bonchev–Trinajstić information content (AvgIpc) is 2.58. The van der Waals surface area contributed by atoms with E-state index in [2.05, 4.69) is 24.7 Å². The van der Waals surface area contributed by atoms with Gasteiger partial charge in [0.25, 0.3) is 11.8 Å². The largest absolute Gasteiger partial charge is 0.508 e. The molecule has 0 atom stereocenters. The number of benzene rings is 2. The van der Waals surface area contributed by atoms with Crippen LogP contribution >= 0.6 is 0 Å². The SMILES string of the molecule is CC(C)COc1ccc(C(=O)NNC(=O)c2cccc(O)c2)cc1. The van der Waals surface area contributed by atoms with E-state index in [1.807, 2.05) is 0 Å². The van der Waals surface area contributed by atoms with Crippen LogP contribution in [0.25, 0.3) is 0 Å². The first kappa shape index (κ1) is 17.3. The molecule has 0 unspecified atom stereocenters. The van der Waals surface area contributed by atoms with Gasteiger partial charge in [-0.1, -0.05) is 19.9 Å². The van der Waals surface area contributed by atoms with Crippen LogP contribution in [-0.2, 0) is 0 Å². The predicted octanol–water partition coefficient (Wildman–Crippen LogP) is 2.50. The molecule has 2 rings (SSSR count). The lowest BCUT2D eigenvalue weighted by Crippen LogP contribution is -2.41. The van der Waals surface area contributed by atoms with E-state index in [-0.39, 0.29) is 11.3 Å². The van der Waals surface area contributed by atoms with Crippen LogP contribution in [-0.4, -0.2) is 23.5 Å². The van der Waals surface area contributed by atoms with Crippen LogP contribution in [0.3, 0.4) is 0 Å². The number of aromatic hydroxyl groups is 1. The Hall–Kier alpha value is -3.02. The van der Waals surface area contributed by atoms with Gasteiger partial charge in [0.15, 0.2) is 0 Å². The van der Waals surface area contributed by atoms with Crippen molar-refractivity contribution in [1.29, 1.82) is 0 Å². The van der Waals surface area contributed by atoms with E-state index in [1.165, 1.54) is 18.2 Å². The van der Waals surface area contributed by atoms with Crippen molar-refractivity contribution in [2.75, 3.05) is 6.61 Å². The lowest BCUT2D eigenvalue weighted by Gasteiger charge is -2.10. The summed E-state index contributed by atoms with van der Waals surface area (Å²) in [5.74, 6) is 0.116. The zero-order valence-electron chi connectivity index (χ0n) is 13.6. The van der Waals surface area contributed by atoms with Crippen molar-refractivity contribution in [3.63, 3.8) is 0 Å². The van der Waals surface area contributed by atoms with Crippen molar-refractivity contribution in [3.05, 3.63) is 59.7 Å². The number of rotatable bonds is 5. The molecule has 0 radical (unpaired) electrons. The topological polar surface area (TPSA) is 87.7 Å². The standard InChI is InChI=1S/C18H20N2O4/c1-12(2)11-24-16-8-6-13(7-9-16)17(22)19-20-18(23)14-4-3-5-15(21)10-14/h3-10,12,21H,11H2,1-2H3,(H,19,22)(H,20,23).